The molecule has 1 aliphatic rings. The summed E-state index contributed by atoms with van der Waals surface area (Å²) in [6.07, 6.45) is 4.43. The van der Waals surface area contributed by atoms with Crippen molar-refractivity contribution in [2.24, 2.45) is 5.73 Å². The van der Waals surface area contributed by atoms with Crippen molar-refractivity contribution in [2.75, 3.05) is 4.31 Å². The zero-order chi connectivity index (χ0) is 17.0. The Morgan fingerprint density at radius 3 is 2.52 bits per heavy atom. The zero-order valence-corrected chi connectivity index (χ0v) is 13.2. The molecule has 9 heteroatoms. The molecule has 23 heavy (non-hydrogen) atoms. The van der Waals surface area contributed by atoms with Crippen LogP contribution in [0.5, 0.6) is 5.75 Å². The second kappa shape index (κ2) is 6.78. The van der Waals surface area contributed by atoms with E-state index in [1.54, 1.807) is 6.07 Å². The highest BCUT2D eigenvalue weighted by Gasteiger charge is 2.30. The highest BCUT2D eigenvalue weighted by molar-refractivity contribution is 7.91. The van der Waals surface area contributed by atoms with Gasteiger partial charge in [0.05, 0.1) is 6.20 Å². The standard InChI is InChI=1S/C14H19N3O5S/c15-13(19)5-3-1-2-4-10-6-7-11(12(18)8-10)17-9-14(20)16-23(17,21)22/h6-9,16,18,20H,1-5H2,(H2,15,19). The van der Waals surface area contributed by atoms with Crippen LogP contribution in [0.4, 0.5) is 5.69 Å². The Balaban J connectivity index is 2.00. The third-order valence-electron chi connectivity index (χ3n) is 3.40. The fraction of sp³-hybridized carbons (Fsp3) is 0.357. The molecular formula is C14H19N3O5S. The highest BCUT2D eigenvalue weighted by Crippen LogP contribution is 2.32. The molecule has 1 aromatic carbocycles. The number of hydrogen-bond acceptors (Lipinski definition) is 5. The van der Waals surface area contributed by atoms with Gasteiger partial charge in [0.15, 0.2) is 0 Å². The fourth-order valence-electron chi connectivity index (χ4n) is 2.30. The first-order chi connectivity index (χ1) is 10.8. The summed E-state index contributed by atoms with van der Waals surface area (Å²) in [4.78, 5) is 10.6. The molecule has 0 fully saturated rings. The van der Waals surface area contributed by atoms with Crippen LogP contribution in [-0.2, 0) is 21.4 Å². The normalized spacial score (nSPS) is 16.0. The lowest BCUT2D eigenvalue weighted by atomic mass is 10.1. The number of phenols is 1. The van der Waals surface area contributed by atoms with E-state index in [0.29, 0.717) is 12.8 Å². The lowest BCUT2D eigenvalue weighted by Gasteiger charge is -2.16. The first-order valence-corrected chi connectivity index (χ1v) is 8.57. The average molecular weight is 341 g/mol. The minimum atomic E-state index is -3.92. The number of aliphatic hydroxyl groups excluding tert-OH is 1. The molecule has 0 spiro atoms. The molecule has 0 atom stereocenters. The number of nitrogens with two attached hydrogens (primary N) is 1. The van der Waals surface area contributed by atoms with E-state index in [-0.39, 0.29) is 17.3 Å². The molecule has 0 saturated carbocycles. The third-order valence-corrected chi connectivity index (χ3v) is 4.69. The number of aromatic hydroxyl groups is 1. The van der Waals surface area contributed by atoms with Crippen LogP contribution in [0.25, 0.3) is 0 Å². The SMILES string of the molecule is NC(=O)CCCCCc1ccc(N2C=C(O)NS2(=O)=O)c(O)c1. The van der Waals surface area contributed by atoms with Crippen molar-refractivity contribution in [3.05, 3.63) is 35.8 Å². The van der Waals surface area contributed by atoms with E-state index in [4.69, 9.17) is 5.73 Å². The molecular weight excluding hydrogens is 322 g/mol. The van der Waals surface area contributed by atoms with Gasteiger partial charge in [-0.3, -0.25) is 4.79 Å². The molecule has 5 N–H and O–H groups in total. The molecule has 0 bridgehead atoms. The number of nitrogens with zero attached hydrogens (tertiary/aromatic N) is 1. The third kappa shape index (κ3) is 4.28. The summed E-state index contributed by atoms with van der Waals surface area (Å²) in [5, 5.41) is 19.3. The monoisotopic (exact) mass is 341 g/mol. The van der Waals surface area contributed by atoms with Crippen molar-refractivity contribution in [3.63, 3.8) is 0 Å². The van der Waals surface area contributed by atoms with Gasteiger partial charge in [0.2, 0.25) is 11.8 Å². The van der Waals surface area contributed by atoms with Crippen LogP contribution in [-0.4, -0.2) is 24.5 Å². The van der Waals surface area contributed by atoms with Gasteiger partial charge in [-0.05, 0) is 37.0 Å². The lowest BCUT2D eigenvalue weighted by Crippen LogP contribution is -2.29. The molecule has 0 saturated heterocycles. The van der Waals surface area contributed by atoms with Crippen molar-refractivity contribution < 1.29 is 23.4 Å². The molecule has 0 radical (unpaired) electrons. The molecule has 0 aliphatic carbocycles. The van der Waals surface area contributed by atoms with Crippen molar-refractivity contribution in [1.82, 2.24) is 4.72 Å². The predicted octanol–water partition coefficient (Wildman–Crippen LogP) is 0.992. The number of anilines is 1. The van der Waals surface area contributed by atoms with Crippen LogP contribution < -0.4 is 14.8 Å². The van der Waals surface area contributed by atoms with E-state index in [1.807, 2.05) is 4.72 Å². The first kappa shape index (κ1) is 16.9. The maximum atomic E-state index is 11.8. The number of aliphatic hydroxyl groups is 1. The summed E-state index contributed by atoms with van der Waals surface area (Å²) in [5.41, 5.74) is 5.97. The Kier molecular flexibility index (Phi) is 4.99. The summed E-state index contributed by atoms with van der Waals surface area (Å²) < 4.78 is 26.2. The van der Waals surface area contributed by atoms with Crippen molar-refractivity contribution >= 4 is 21.8 Å². The predicted molar refractivity (Wildman–Crippen MR) is 84.7 cm³/mol. The maximum Gasteiger partial charge on any atom is 0.330 e. The number of aryl methyl sites for hydroxylation is 1. The van der Waals surface area contributed by atoms with Crippen molar-refractivity contribution in [3.8, 4) is 5.75 Å². The largest absolute Gasteiger partial charge is 0.506 e. The molecule has 1 aliphatic heterocycles. The van der Waals surface area contributed by atoms with Crippen LogP contribution in [0.2, 0.25) is 0 Å². The lowest BCUT2D eigenvalue weighted by molar-refractivity contribution is -0.118. The van der Waals surface area contributed by atoms with Crippen LogP contribution in [0, 0.1) is 0 Å². The molecule has 0 unspecified atom stereocenters. The summed E-state index contributed by atoms with van der Waals surface area (Å²) in [6.45, 7) is 0. The number of phenolic OH excluding ortho intramolecular Hbond substituents is 1. The van der Waals surface area contributed by atoms with Gasteiger partial charge in [0, 0.05) is 6.42 Å². The van der Waals surface area contributed by atoms with E-state index in [9.17, 15) is 23.4 Å². The van der Waals surface area contributed by atoms with E-state index in [1.165, 1.54) is 12.1 Å². The average Bonchev–Trinajstić information content (AvgIpc) is 2.71. The minimum Gasteiger partial charge on any atom is -0.506 e. The quantitative estimate of drug-likeness (QED) is 0.549. The molecule has 1 heterocycles. The Morgan fingerprint density at radius 1 is 1.22 bits per heavy atom. The Labute approximate surface area is 134 Å². The van der Waals surface area contributed by atoms with Crippen molar-refractivity contribution in [1.29, 1.82) is 0 Å². The smallest absolute Gasteiger partial charge is 0.330 e. The Morgan fingerprint density at radius 2 is 1.96 bits per heavy atom. The molecule has 2 rings (SSSR count). The van der Waals surface area contributed by atoms with Gasteiger partial charge in [0.25, 0.3) is 0 Å². The van der Waals surface area contributed by atoms with Crippen LogP contribution in [0.3, 0.4) is 0 Å². The van der Waals surface area contributed by atoms with E-state index in [0.717, 1.165) is 35.3 Å². The number of nitrogens with one attached hydrogen (secondary N) is 1. The van der Waals surface area contributed by atoms with E-state index >= 15 is 0 Å². The van der Waals surface area contributed by atoms with Gasteiger partial charge in [-0.1, -0.05) is 12.5 Å². The summed E-state index contributed by atoms with van der Waals surface area (Å²) in [5.74, 6) is -1.03. The number of carbonyl (C=O) groups is 1. The zero-order valence-electron chi connectivity index (χ0n) is 12.4. The van der Waals surface area contributed by atoms with Crippen LogP contribution in [0.15, 0.2) is 30.3 Å². The molecule has 0 aromatic heterocycles. The summed E-state index contributed by atoms with van der Waals surface area (Å²) in [7, 11) is -3.92. The van der Waals surface area contributed by atoms with Crippen LogP contribution in [0.1, 0.15) is 31.2 Å². The molecule has 126 valence electrons. The molecule has 8 nitrogen and oxygen atoms in total. The van der Waals surface area contributed by atoms with Gasteiger partial charge in [0.1, 0.15) is 11.4 Å². The minimum absolute atomic E-state index is 0.0547. The highest BCUT2D eigenvalue weighted by atomic mass is 32.2. The molecule has 1 aromatic rings. The number of hydrogen-bond donors (Lipinski definition) is 4. The number of rotatable bonds is 7. The number of benzene rings is 1. The Hall–Kier alpha value is -2.42. The second-order valence-electron chi connectivity index (χ2n) is 5.27. The second-order valence-corrected chi connectivity index (χ2v) is 6.81. The maximum absolute atomic E-state index is 11.8. The van der Waals surface area contributed by atoms with Gasteiger partial charge in [-0.2, -0.15) is 8.42 Å². The van der Waals surface area contributed by atoms with Gasteiger partial charge >= 0.3 is 10.2 Å². The number of carbonyl (C=O) groups excluding carboxylic acids is 1. The summed E-state index contributed by atoms with van der Waals surface area (Å²) >= 11 is 0. The van der Waals surface area contributed by atoms with E-state index < -0.39 is 16.1 Å². The Bertz CT molecular complexity index is 730. The topological polar surface area (TPSA) is 133 Å². The number of primary amides is 1. The summed E-state index contributed by atoms with van der Waals surface area (Å²) in [6, 6.07) is 4.67. The van der Waals surface area contributed by atoms with Gasteiger partial charge in [-0.25, -0.2) is 9.03 Å². The number of amides is 1. The van der Waals surface area contributed by atoms with E-state index in [2.05, 4.69) is 0 Å². The van der Waals surface area contributed by atoms with Gasteiger partial charge in [-0.15, -0.1) is 0 Å². The van der Waals surface area contributed by atoms with Crippen LogP contribution >= 0.6 is 0 Å². The first-order valence-electron chi connectivity index (χ1n) is 7.13. The van der Waals surface area contributed by atoms with Crippen molar-refractivity contribution in [2.45, 2.75) is 32.1 Å². The fourth-order valence-corrected chi connectivity index (χ4v) is 3.37. The number of unbranched alkanes of at least 4 members (excludes halogenated alkanes) is 2. The van der Waals surface area contributed by atoms with Gasteiger partial charge < -0.3 is 15.9 Å². The molecule has 1 amide bonds.